The summed E-state index contributed by atoms with van der Waals surface area (Å²) < 4.78 is 20.4. The topological polar surface area (TPSA) is 73.0 Å². The first-order valence-corrected chi connectivity index (χ1v) is 8.06. The molecule has 0 saturated carbocycles. The molecule has 0 aliphatic rings. The van der Waals surface area contributed by atoms with Gasteiger partial charge in [-0.2, -0.15) is 0 Å². The first kappa shape index (κ1) is 16.9. The molecule has 25 heavy (non-hydrogen) atoms. The van der Waals surface area contributed by atoms with Crippen molar-refractivity contribution in [3.8, 4) is 11.3 Å². The first-order chi connectivity index (χ1) is 12.0. The zero-order valence-electron chi connectivity index (χ0n) is 14.1. The summed E-state index contributed by atoms with van der Waals surface area (Å²) in [4.78, 5) is 12.2. The number of carbonyl (C=O) groups is 1. The maximum Gasteiger partial charge on any atom is 0.287 e. The Morgan fingerprint density at radius 3 is 2.72 bits per heavy atom. The highest BCUT2D eigenvalue weighted by Gasteiger charge is 2.13. The zero-order chi connectivity index (χ0) is 17.8. The molecule has 0 aliphatic carbocycles. The number of carbonyl (C=O) groups excluding carboxylic acids is 1. The maximum absolute atomic E-state index is 13.0. The average molecular weight is 342 g/mol. The molecule has 0 aliphatic heterocycles. The molecule has 1 N–H and O–H groups in total. The zero-order valence-corrected chi connectivity index (χ0v) is 14.1. The Bertz CT molecular complexity index is 852. The standard InChI is InChI=1S/C18H19FN4O2/c1-12(2)17-22-21-11-23(17)10-9-20-18(24)16-8-7-15(25-16)13-3-5-14(19)6-4-13/h3-8,11-12H,9-10H2,1-2H3,(H,20,24). The third-order valence-corrected chi connectivity index (χ3v) is 3.76. The van der Waals surface area contributed by atoms with E-state index in [0.29, 0.717) is 24.4 Å². The number of halogens is 1. The fourth-order valence-corrected chi connectivity index (χ4v) is 2.49. The van der Waals surface area contributed by atoms with E-state index in [1.807, 2.05) is 18.4 Å². The predicted molar refractivity (Wildman–Crippen MR) is 90.5 cm³/mol. The number of amides is 1. The van der Waals surface area contributed by atoms with E-state index in [9.17, 15) is 9.18 Å². The molecule has 0 atom stereocenters. The van der Waals surface area contributed by atoms with Crippen LogP contribution in [-0.2, 0) is 6.54 Å². The molecule has 0 spiro atoms. The van der Waals surface area contributed by atoms with Crippen LogP contribution >= 0.6 is 0 Å². The number of nitrogens with zero attached hydrogens (tertiary/aromatic N) is 3. The van der Waals surface area contributed by atoms with E-state index < -0.39 is 0 Å². The fourth-order valence-electron chi connectivity index (χ4n) is 2.49. The lowest BCUT2D eigenvalue weighted by atomic mass is 10.2. The van der Waals surface area contributed by atoms with Gasteiger partial charge in [0.2, 0.25) is 0 Å². The maximum atomic E-state index is 13.0. The van der Waals surface area contributed by atoms with Gasteiger partial charge in [-0.05, 0) is 36.4 Å². The largest absolute Gasteiger partial charge is 0.451 e. The lowest BCUT2D eigenvalue weighted by Crippen LogP contribution is -2.27. The van der Waals surface area contributed by atoms with Gasteiger partial charge in [-0.25, -0.2) is 4.39 Å². The van der Waals surface area contributed by atoms with Crippen molar-refractivity contribution in [2.24, 2.45) is 0 Å². The number of rotatable bonds is 6. The van der Waals surface area contributed by atoms with Crippen molar-refractivity contribution in [2.45, 2.75) is 26.3 Å². The van der Waals surface area contributed by atoms with Crippen LogP contribution in [0.5, 0.6) is 0 Å². The van der Waals surface area contributed by atoms with Crippen molar-refractivity contribution >= 4 is 5.91 Å². The van der Waals surface area contributed by atoms with Gasteiger partial charge in [-0.1, -0.05) is 13.8 Å². The van der Waals surface area contributed by atoms with Crippen LogP contribution in [-0.4, -0.2) is 27.2 Å². The Balaban J connectivity index is 1.59. The van der Waals surface area contributed by atoms with Gasteiger partial charge in [0, 0.05) is 24.6 Å². The summed E-state index contributed by atoms with van der Waals surface area (Å²) in [6, 6.07) is 9.21. The van der Waals surface area contributed by atoms with Crippen molar-refractivity contribution < 1.29 is 13.6 Å². The second-order valence-corrected chi connectivity index (χ2v) is 5.96. The van der Waals surface area contributed by atoms with Crippen LogP contribution in [0.3, 0.4) is 0 Å². The lowest BCUT2D eigenvalue weighted by Gasteiger charge is -2.09. The molecule has 7 heteroatoms. The first-order valence-electron chi connectivity index (χ1n) is 8.06. The molecule has 0 bridgehead atoms. The van der Waals surface area contributed by atoms with Crippen LogP contribution in [0.15, 0.2) is 47.1 Å². The minimum atomic E-state index is -0.317. The van der Waals surface area contributed by atoms with Crippen molar-refractivity contribution in [3.63, 3.8) is 0 Å². The summed E-state index contributed by atoms with van der Waals surface area (Å²) in [5.41, 5.74) is 0.714. The molecular formula is C18H19FN4O2. The molecule has 1 aromatic carbocycles. The van der Waals surface area contributed by atoms with Gasteiger partial charge in [0.25, 0.3) is 5.91 Å². The third kappa shape index (κ3) is 3.93. The van der Waals surface area contributed by atoms with Gasteiger partial charge < -0.3 is 14.3 Å². The van der Waals surface area contributed by atoms with Gasteiger partial charge in [-0.3, -0.25) is 4.79 Å². The van der Waals surface area contributed by atoms with E-state index in [1.54, 1.807) is 30.6 Å². The van der Waals surface area contributed by atoms with E-state index in [2.05, 4.69) is 15.5 Å². The molecule has 3 rings (SSSR count). The van der Waals surface area contributed by atoms with Crippen molar-refractivity contribution in [1.82, 2.24) is 20.1 Å². The minimum absolute atomic E-state index is 0.215. The SMILES string of the molecule is CC(C)c1nncn1CCNC(=O)c1ccc(-c2ccc(F)cc2)o1. The smallest absolute Gasteiger partial charge is 0.287 e. The van der Waals surface area contributed by atoms with Gasteiger partial charge in [0.1, 0.15) is 23.7 Å². The Labute approximate surface area is 144 Å². The number of aromatic nitrogens is 3. The van der Waals surface area contributed by atoms with Crippen LogP contribution in [0.25, 0.3) is 11.3 Å². The van der Waals surface area contributed by atoms with Crippen molar-refractivity contribution in [2.75, 3.05) is 6.54 Å². The highest BCUT2D eigenvalue weighted by molar-refractivity contribution is 5.92. The summed E-state index contributed by atoms with van der Waals surface area (Å²) in [5.74, 6) is 1.26. The molecule has 0 saturated heterocycles. The van der Waals surface area contributed by atoms with Gasteiger partial charge in [0.05, 0.1) is 0 Å². The molecule has 130 valence electrons. The number of hydrogen-bond donors (Lipinski definition) is 1. The lowest BCUT2D eigenvalue weighted by molar-refractivity contribution is 0.0925. The van der Waals surface area contributed by atoms with Crippen molar-refractivity contribution in [3.05, 3.63) is 60.1 Å². The minimum Gasteiger partial charge on any atom is -0.451 e. The molecule has 2 aromatic heterocycles. The van der Waals surface area contributed by atoms with Gasteiger partial charge in [0.15, 0.2) is 5.76 Å². The second-order valence-electron chi connectivity index (χ2n) is 5.96. The van der Waals surface area contributed by atoms with Gasteiger partial charge >= 0.3 is 0 Å². The van der Waals surface area contributed by atoms with Crippen LogP contribution < -0.4 is 5.32 Å². The van der Waals surface area contributed by atoms with E-state index in [4.69, 9.17) is 4.42 Å². The summed E-state index contributed by atoms with van der Waals surface area (Å²) >= 11 is 0. The van der Waals surface area contributed by atoms with Crippen LogP contribution in [0.2, 0.25) is 0 Å². The second kappa shape index (κ2) is 7.29. The monoisotopic (exact) mass is 342 g/mol. The molecule has 0 unspecified atom stereocenters. The van der Waals surface area contributed by atoms with Crippen LogP contribution in [0.4, 0.5) is 4.39 Å². The van der Waals surface area contributed by atoms with E-state index >= 15 is 0 Å². The number of hydrogen-bond acceptors (Lipinski definition) is 4. The fraction of sp³-hybridized carbons (Fsp3) is 0.278. The molecule has 2 heterocycles. The van der Waals surface area contributed by atoms with E-state index in [-0.39, 0.29) is 23.4 Å². The third-order valence-electron chi connectivity index (χ3n) is 3.76. The molecular weight excluding hydrogens is 323 g/mol. The molecule has 6 nitrogen and oxygen atoms in total. The Morgan fingerprint density at radius 1 is 1.24 bits per heavy atom. The van der Waals surface area contributed by atoms with E-state index in [1.165, 1.54) is 12.1 Å². The van der Waals surface area contributed by atoms with Crippen molar-refractivity contribution in [1.29, 1.82) is 0 Å². The van der Waals surface area contributed by atoms with Gasteiger partial charge in [-0.15, -0.1) is 10.2 Å². The summed E-state index contributed by atoms with van der Waals surface area (Å²) in [6.45, 7) is 5.10. The van der Waals surface area contributed by atoms with Crippen LogP contribution in [0.1, 0.15) is 36.1 Å². The number of nitrogens with one attached hydrogen (secondary N) is 1. The highest BCUT2D eigenvalue weighted by atomic mass is 19.1. The Hall–Kier alpha value is -2.96. The van der Waals surface area contributed by atoms with Crippen LogP contribution in [0, 0.1) is 5.82 Å². The highest BCUT2D eigenvalue weighted by Crippen LogP contribution is 2.22. The Morgan fingerprint density at radius 2 is 2.00 bits per heavy atom. The number of benzene rings is 1. The molecule has 0 fully saturated rings. The Kier molecular flexibility index (Phi) is 4.92. The summed E-state index contributed by atoms with van der Waals surface area (Å²) in [7, 11) is 0. The normalized spacial score (nSPS) is 11.0. The molecule has 1 amide bonds. The van der Waals surface area contributed by atoms with E-state index in [0.717, 1.165) is 5.82 Å². The quantitative estimate of drug-likeness (QED) is 0.746. The summed E-state index contributed by atoms with van der Waals surface area (Å²) in [6.07, 6.45) is 1.65. The molecule has 3 aromatic rings. The molecule has 0 radical (unpaired) electrons. The number of furan rings is 1. The average Bonchev–Trinajstić information content (AvgIpc) is 3.24. The summed E-state index contributed by atoms with van der Waals surface area (Å²) in [5, 5.41) is 10.8. The predicted octanol–water partition coefficient (Wildman–Crippen LogP) is 3.23.